The lowest BCUT2D eigenvalue weighted by Crippen LogP contribution is -2.25. The number of carboxylic acids is 1. The van der Waals surface area contributed by atoms with Crippen molar-refractivity contribution in [1.82, 2.24) is 5.32 Å². The van der Waals surface area contributed by atoms with Crippen molar-refractivity contribution >= 4 is 11.9 Å². The van der Waals surface area contributed by atoms with E-state index >= 15 is 0 Å². The van der Waals surface area contributed by atoms with Crippen LogP contribution in [0.25, 0.3) is 0 Å². The van der Waals surface area contributed by atoms with Gasteiger partial charge in [0.1, 0.15) is 6.79 Å². The minimum Gasteiger partial charge on any atom is -0.478 e. The van der Waals surface area contributed by atoms with Gasteiger partial charge in [-0.05, 0) is 6.92 Å². The van der Waals surface area contributed by atoms with Gasteiger partial charge in [-0.15, -0.1) is 0 Å². The van der Waals surface area contributed by atoms with Gasteiger partial charge in [0, 0.05) is 26.7 Å². The first-order valence-electron chi connectivity index (χ1n) is 4.51. The van der Waals surface area contributed by atoms with Crippen molar-refractivity contribution < 1.29 is 25.6 Å². The van der Waals surface area contributed by atoms with Crippen LogP contribution in [0.5, 0.6) is 0 Å². The number of carboxylic acid groups (broad SMARTS) is 1. The first-order chi connectivity index (χ1) is 7.16. The van der Waals surface area contributed by atoms with Crippen molar-refractivity contribution in [2.75, 3.05) is 26.6 Å². The van der Waals surface area contributed by atoms with E-state index in [-0.39, 0.29) is 8.22 Å². The topological polar surface area (TPSA) is 84.9 Å². The van der Waals surface area contributed by atoms with E-state index in [9.17, 15) is 9.59 Å². The summed E-state index contributed by atoms with van der Waals surface area (Å²) in [6.07, 6.45) is 1.72. The number of ether oxygens (including phenoxy) is 2. The smallest absolute Gasteiger partial charge is 0.328 e. The predicted octanol–water partition coefficient (Wildman–Crippen LogP) is 0.000000000000000611. The van der Waals surface area contributed by atoms with Crippen LogP contribution >= 0.6 is 0 Å². The summed E-state index contributed by atoms with van der Waals surface area (Å²) < 4.78 is 9.87. The normalized spacial score (nSPS) is 10.5. The molecule has 0 unspecified atom stereocenters. The molecule has 0 radical (unpaired) electrons. The number of hydrogen-bond donors (Lipinski definition) is 2. The Morgan fingerprint density at radius 3 is 2.73 bits per heavy atom. The Morgan fingerprint density at radius 2 is 2.13 bits per heavy atom. The largest absolute Gasteiger partial charge is 0.478 e. The Morgan fingerprint density at radius 1 is 1.40 bits per heavy atom. The van der Waals surface area contributed by atoms with Crippen molar-refractivity contribution in [3.8, 4) is 0 Å². The van der Waals surface area contributed by atoms with Gasteiger partial charge in [-0.3, -0.25) is 4.79 Å². The number of carbonyl (C=O) groups excluding carboxylic acids is 1. The maximum Gasteiger partial charge on any atom is 0.328 e. The van der Waals surface area contributed by atoms with Gasteiger partial charge in [0.25, 0.3) is 0 Å². The summed E-state index contributed by atoms with van der Waals surface area (Å²) in [4.78, 5) is 20.9. The van der Waals surface area contributed by atoms with E-state index in [1.807, 2.05) is 6.92 Å². The molecule has 0 heterocycles. The highest BCUT2D eigenvalue weighted by Gasteiger charge is 1.95. The molecular formula is C9H17NO5. The van der Waals surface area contributed by atoms with Crippen LogP contribution in [-0.4, -0.2) is 43.5 Å². The molecule has 0 aromatic heterocycles. The minimum absolute atomic E-state index is 0. The van der Waals surface area contributed by atoms with Crippen LogP contribution in [0.3, 0.4) is 0 Å². The van der Waals surface area contributed by atoms with E-state index in [2.05, 4.69) is 5.32 Å². The second kappa shape index (κ2) is 9.17. The molecule has 2 N–H and O–H groups in total. The Bertz CT molecular complexity index is 232. The van der Waals surface area contributed by atoms with Crippen LogP contribution in [0.4, 0.5) is 0 Å². The summed E-state index contributed by atoms with van der Waals surface area (Å²) in [5.74, 6) is -1.62. The van der Waals surface area contributed by atoms with E-state index in [1.54, 1.807) is 0 Å². The van der Waals surface area contributed by atoms with Gasteiger partial charge in [0.2, 0.25) is 5.91 Å². The first-order valence-corrected chi connectivity index (χ1v) is 4.51. The second-order valence-electron chi connectivity index (χ2n) is 2.48. The zero-order valence-electron chi connectivity index (χ0n) is 8.56. The number of hydrogen-bond acceptors (Lipinski definition) is 4. The number of carbonyl (C=O) groups is 2. The van der Waals surface area contributed by atoms with E-state index in [0.29, 0.717) is 19.8 Å². The summed E-state index contributed by atoms with van der Waals surface area (Å²) in [6.45, 7) is 3.26. The lowest BCUT2D eigenvalue weighted by molar-refractivity contribution is -0.131. The second-order valence-corrected chi connectivity index (χ2v) is 2.48. The molecule has 0 aliphatic carbocycles. The molecule has 0 saturated carbocycles. The number of nitrogens with one attached hydrogen (secondary N) is 1. The molecular weight excluding hydrogens is 202 g/mol. The lowest BCUT2D eigenvalue weighted by Gasteiger charge is -2.04. The van der Waals surface area contributed by atoms with Crippen LogP contribution < -0.4 is 5.32 Å². The fourth-order valence-corrected chi connectivity index (χ4v) is 0.653. The van der Waals surface area contributed by atoms with E-state index in [4.69, 9.17) is 14.6 Å². The SMILES string of the molecule is CCOCOCCNC(=O)/C=C\C(=O)O.[HH]. The minimum atomic E-state index is -1.15. The monoisotopic (exact) mass is 219 g/mol. The summed E-state index contributed by atoms with van der Waals surface area (Å²) in [7, 11) is 0. The third-order valence-electron chi connectivity index (χ3n) is 1.29. The Hall–Kier alpha value is -1.40. The Labute approximate surface area is 89.3 Å². The number of rotatable bonds is 8. The van der Waals surface area contributed by atoms with Gasteiger partial charge < -0.3 is 19.9 Å². The van der Waals surface area contributed by atoms with Crippen LogP contribution in [0.2, 0.25) is 0 Å². The molecule has 88 valence electrons. The molecule has 15 heavy (non-hydrogen) atoms. The molecule has 0 saturated heterocycles. The fourth-order valence-electron chi connectivity index (χ4n) is 0.653. The zero-order valence-corrected chi connectivity index (χ0v) is 8.56. The van der Waals surface area contributed by atoms with Crippen LogP contribution in [0.1, 0.15) is 8.35 Å². The number of amides is 1. The molecule has 6 heteroatoms. The van der Waals surface area contributed by atoms with Gasteiger partial charge >= 0.3 is 5.97 Å². The van der Waals surface area contributed by atoms with E-state index in [1.165, 1.54) is 0 Å². The fraction of sp³-hybridized carbons (Fsp3) is 0.556. The molecule has 0 aromatic rings. The van der Waals surface area contributed by atoms with Gasteiger partial charge in [-0.2, -0.15) is 0 Å². The highest BCUT2D eigenvalue weighted by atomic mass is 16.7. The van der Waals surface area contributed by atoms with E-state index in [0.717, 1.165) is 12.2 Å². The number of aliphatic carboxylic acids is 1. The van der Waals surface area contributed by atoms with Crippen LogP contribution in [-0.2, 0) is 19.1 Å². The van der Waals surface area contributed by atoms with Crippen molar-refractivity contribution in [1.29, 1.82) is 0 Å². The average molecular weight is 219 g/mol. The van der Waals surface area contributed by atoms with Gasteiger partial charge in [0.15, 0.2) is 0 Å². The van der Waals surface area contributed by atoms with Crippen LogP contribution in [0, 0.1) is 0 Å². The lowest BCUT2D eigenvalue weighted by atomic mass is 10.4. The van der Waals surface area contributed by atoms with E-state index < -0.39 is 11.9 Å². The maximum atomic E-state index is 10.9. The molecule has 0 aromatic carbocycles. The third-order valence-corrected chi connectivity index (χ3v) is 1.29. The molecule has 6 nitrogen and oxygen atoms in total. The molecule has 1 amide bonds. The highest BCUT2D eigenvalue weighted by Crippen LogP contribution is 1.78. The Kier molecular flexibility index (Phi) is 8.31. The molecule has 0 aliphatic rings. The zero-order chi connectivity index (χ0) is 11.5. The summed E-state index contributed by atoms with van der Waals surface area (Å²) in [6, 6.07) is 0. The first kappa shape index (κ1) is 13.6. The Balaban J connectivity index is 0. The van der Waals surface area contributed by atoms with Gasteiger partial charge in [0.05, 0.1) is 6.61 Å². The average Bonchev–Trinajstić information content (AvgIpc) is 2.20. The maximum absolute atomic E-state index is 10.9. The van der Waals surface area contributed by atoms with Crippen molar-refractivity contribution in [2.24, 2.45) is 0 Å². The standard InChI is InChI=1S/C9H15NO5.H2/c1-2-14-7-15-6-5-10-8(11)3-4-9(12)13;/h3-4H,2,5-7H2,1H3,(H,10,11)(H,12,13);1H/b4-3-;. The van der Waals surface area contributed by atoms with Crippen LogP contribution in [0.15, 0.2) is 12.2 Å². The third kappa shape index (κ3) is 10.5. The van der Waals surface area contributed by atoms with Crippen molar-refractivity contribution in [3.63, 3.8) is 0 Å². The van der Waals surface area contributed by atoms with Crippen molar-refractivity contribution in [3.05, 3.63) is 12.2 Å². The predicted molar refractivity (Wildman–Crippen MR) is 54.3 cm³/mol. The van der Waals surface area contributed by atoms with Crippen molar-refractivity contribution in [2.45, 2.75) is 6.92 Å². The highest BCUT2D eigenvalue weighted by molar-refractivity contribution is 5.93. The molecule has 0 fully saturated rings. The molecule has 0 atom stereocenters. The van der Waals surface area contributed by atoms with Gasteiger partial charge in [-0.1, -0.05) is 0 Å². The molecule has 0 aliphatic heterocycles. The molecule has 0 rings (SSSR count). The van der Waals surface area contributed by atoms with Gasteiger partial charge in [-0.25, -0.2) is 4.79 Å². The summed E-state index contributed by atoms with van der Waals surface area (Å²) in [5.41, 5.74) is 0. The summed E-state index contributed by atoms with van der Waals surface area (Å²) in [5, 5.41) is 10.7. The summed E-state index contributed by atoms with van der Waals surface area (Å²) >= 11 is 0. The molecule has 0 spiro atoms. The molecule has 0 bridgehead atoms. The quantitative estimate of drug-likeness (QED) is 0.341.